The predicted molar refractivity (Wildman–Crippen MR) is 87.6 cm³/mol. The third-order valence-corrected chi connectivity index (χ3v) is 4.86. The Kier molecular flexibility index (Phi) is 6.69. The quantitative estimate of drug-likeness (QED) is 0.442. The Morgan fingerprint density at radius 1 is 0.850 bits per heavy atom. The van der Waals surface area contributed by atoms with Crippen LogP contribution in [0.25, 0.3) is 0 Å². The predicted octanol–water partition coefficient (Wildman–Crippen LogP) is 6.24. The summed E-state index contributed by atoms with van der Waals surface area (Å²) in [7, 11) is 0. The molecule has 0 amide bonds. The standard InChI is InChI=1S/C19H32N/c1-3-4-5-6-7-8-9-10-14-18-16(2)17-13-11-12-15-19(17)20-18/h3-15H2,1-2H3. The van der Waals surface area contributed by atoms with Crippen molar-refractivity contribution in [3.05, 3.63) is 22.5 Å². The van der Waals surface area contributed by atoms with Gasteiger partial charge < -0.3 is 0 Å². The molecule has 1 nitrogen and oxygen atoms in total. The van der Waals surface area contributed by atoms with Gasteiger partial charge in [0.05, 0.1) is 0 Å². The molecule has 0 fully saturated rings. The van der Waals surface area contributed by atoms with Gasteiger partial charge in [-0.1, -0.05) is 51.9 Å². The molecular formula is C19H32N. The molecule has 2 rings (SSSR count). The molecule has 0 aromatic heterocycles. The average Bonchev–Trinajstić information content (AvgIpc) is 2.79. The second kappa shape index (κ2) is 8.54. The molecule has 0 N–H and O–H groups in total. The molecule has 0 aromatic rings. The van der Waals surface area contributed by atoms with Crippen LogP contribution in [-0.2, 0) is 0 Å². The van der Waals surface area contributed by atoms with E-state index in [1.54, 1.807) is 5.57 Å². The van der Waals surface area contributed by atoms with Crippen LogP contribution in [0.4, 0.5) is 0 Å². The lowest BCUT2D eigenvalue weighted by molar-refractivity contribution is 0.570. The molecule has 113 valence electrons. The summed E-state index contributed by atoms with van der Waals surface area (Å²) in [6.45, 7) is 4.59. The fourth-order valence-electron chi connectivity index (χ4n) is 3.51. The van der Waals surface area contributed by atoms with Gasteiger partial charge in [0.2, 0.25) is 0 Å². The van der Waals surface area contributed by atoms with E-state index in [0.717, 1.165) is 0 Å². The number of hydrogen-bond donors (Lipinski definition) is 0. The minimum absolute atomic E-state index is 1.22. The highest BCUT2D eigenvalue weighted by Gasteiger charge is 2.24. The summed E-state index contributed by atoms with van der Waals surface area (Å²) in [5.41, 5.74) is 5.99. The van der Waals surface area contributed by atoms with Gasteiger partial charge in [0.15, 0.2) is 0 Å². The molecule has 2 aliphatic rings. The zero-order chi connectivity index (χ0) is 14.2. The summed E-state index contributed by atoms with van der Waals surface area (Å²) in [6, 6.07) is 0. The molecule has 1 heteroatoms. The van der Waals surface area contributed by atoms with Crippen LogP contribution in [0.5, 0.6) is 0 Å². The molecule has 0 aromatic carbocycles. The molecule has 0 bridgehead atoms. The Balaban J connectivity index is 1.58. The summed E-state index contributed by atoms with van der Waals surface area (Å²) in [4.78, 5) is 0. The third-order valence-electron chi connectivity index (χ3n) is 4.86. The highest BCUT2D eigenvalue weighted by atomic mass is 14.9. The summed E-state index contributed by atoms with van der Waals surface area (Å²) in [6.07, 6.45) is 17.7. The van der Waals surface area contributed by atoms with Crippen LogP contribution in [0.15, 0.2) is 22.5 Å². The SMILES string of the molecule is CCCCCCCCCCC1=C(C)C2=C(CCCC2)[N]1. The van der Waals surface area contributed by atoms with Crippen LogP contribution >= 0.6 is 0 Å². The molecule has 0 saturated heterocycles. The molecule has 0 saturated carbocycles. The van der Waals surface area contributed by atoms with Crippen molar-refractivity contribution in [3.8, 4) is 0 Å². The molecule has 0 atom stereocenters. The van der Waals surface area contributed by atoms with Crippen molar-refractivity contribution in [1.29, 1.82) is 0 Å². The zero-order valence-electron chi connectivity index (χ0n) is 13.6. The van der Waals surface area contributed by atoms with Gasteiger partial charge in [-0.05, 0) is 56.6 Å². The van der Waals surface area contributed by atoms with Gasteiger partial charge in [-0.15, -0.1) is 0 Å². The topological polar surface area (TPSA) is 14.1 Å². The van der Waals surface area contributed by atoms with E-state index >= 15 is 0 Å². The van der Waals surface area contributed by atoms with E-state index in [4.69, 9.17) is 5.32 Å². The first kappa shape index (κ1) is 15.7. The monoisotopic (exact) mass is 274 g/mol. The van der Waals surface area contributed by atoms with Crippen molar-refractivity contribution >= 4 is 0 Å². The van der Waals surface area contributed by atoms with E-state index < -0.39 is 0 Å². The zero-order valence-corrected chi connectivity index (χ0v) is 13.6. The maximum Gasteiger partial charge on any atom is 0.0442 e. The van der Waals surface area contributed by atoms with Gasteiger partial charge in [-0.2, -0.15) is 0 Å². The van der Waals surface area contributed by atoms with Crippen LogP contribution in [0, 0.1) is 0 Å². The number of allylic oxidation sites excluding steroid dienone is 4. The number of nitrogens with zero attached hydrogens (tertiary/aromatic N) is 1. The van der Waals surface area contributed by atoms with Gasteiger partial charge in [0, 0.05) is 11.4 Å². The smallest absolute Gasteiger partial charge is 0.0442 e. The molecule has 20 heavy (non-hydrogen) atoms. The first-order valence-electron chi connectivity index (χ1n) is 8.96. The van der Waals surface area contributed by atoms with Crippen LogP contribution in [0.2, 0.25) is 0 Å². The second-order valence-corrected chi connectivity index (χ2v) is 6.54. The van der Waals surface area contributed by atoms with Crippen LogP contribution in [-0.4, -0.2) is 0 Å². The fraction of sp³-hybridized carbons (Fsp3) is 0.789. The lowest BCUT2D eigenvalue weighted by Gasteiger charge is -2.13. The summed E-state index contributed by atoms with van der Waals surface area (Å²) in [5, 5.41) is 4.91. The largest absolute Gasteiger partial charge is 0.257 e. The second-order valence-electron chi connectivity index (χ2n) is 6.54. The van der Waals surface area contributed by atoms with Crippen molar-refractivity contribution < 1.29 is 0 Å². The number of unbranched alkanes of at least 4 members (excludes halogenated alkanes) is 7. The molecule has 1 heterocycles. The Labute approximate surface area is 125 Å². The maximum absolute atomic E-state index is 4.91. The van der Waals surface area contributed by atoms with Crippen molar-refractivity contribution in [2.45, 2.75) is 97.3 Å². The van der Waals surface area contributed by atoms with Crippen LogP contribution in [0.3, 0.4) is 0 Å². The molecular weight excluding hydrogens is 242 g/mol. The number of hydrogen-bond acceptors (Lipinski definition) is 0. The molecule has 0 spiro atoms. The van der Waals surface area contributed by atoms with Gasteiger partial charge in [0.25, 0.3) is 0 Å². The Morgan fingerprint density at radius 2 is 1.50 bits per heavy atom. The van der Waals surface area contributed by atoms with Gasteiger partial charge in [-0.25, -0.2) is 0 Å². The van der Waals surface area contributed by atoms with E-state index in [9.17, 15) is 0 Å². The van der Waals surface area contributed by atoms with Crippen molar-refractivity contribution in [1.82, 2.24) is 5.32 Å². The first-order chi connectivity index (χ1) is 9.83. The first-order valence-corrected chi connectivity index (χ1v) is 8.96. The van der Waals surface area contributed by atoms with E-state index in [1.807, 2.05) is 0 Å². The van der Waals surface area contributed by atoms with E-state index in [0.29, 0.717) is 0 Å². The molecule has 1 aliphatic heterocycles. The molecule has 1 aliphatic carbocycles. The highest BCUT2D eigenvalue weighted by Crippen LogP contribution is 2.37. The summed E-state index contributed by atoms with van der Waals surface area (Å²) < 4.78 is 0. The maximum atomic E-state index is 4.91. The lowest BCUT2D eigenvalue weighted by atomic mass is 9.93. The Hall–Kier alpha value is -0.720. The van der Waals surface area contributed by atoms with Crippen molar-refractivity contribution in [2.24, 2.45) is 0 Å². The minimum Gasteiger partial charge on any atom is -0.257 e. The van der Waals surface area contributed by atoms with Crippen molar-refractivity contribution in [3.63, 3.8) is 0 Å². The van der Waals surface area contributed by atoms with Crippen molar-refractivity contribution in [2.75, 3.05) is 0 Å². The highest BCUT2D eigenvalue weighted by molar-refractivity contribution is 5.44. The van der Waals surface area contributed by atoms with E-state index in [2.05, 4.69) is 13.8 Å². The summed E-state index contributed by atoms with van der Waals surface area (Å²) >= 11 is 0. The van der Waals surface area contributed by atoms with E-state index in [1.165, 1.54) is 100 Å². The van der Waals surface area contributed by atoms with Crippen LogP contribution in [0.1, 0.15) is 97.3 Å². The fourth-order valence-corrected chi connectivity index (χ4v) is 3.51. The molecule has 1 radical (unpaired) electrons. The Bertz CT molecular complexity index is 362. The molecule has 0 unspecified atom stereocenters. The Morgan fingerprint density at radius 3 is 2.20 bits per heavy atom. The summed E-state index contributed by atoms with van der Waals surface area (Å²) in [5.74, 6) is 0. The third kappa shape index (κ3) is 4.40. The van der Waals surface area contributed by atoms with E-state index in [-0.39, 0.29) is 0 Å². The van der Waals surface area contributed by atoms with Gasteiger partial charge in [-0.3, -0.25) is 5.32 Å². The number of rotatable bonds is 9. The normalized spacial score (nSPS) is 18.5. The van der Waals surface area contributed by atoms with Gasteiger partial charge >= 0.3 is 0 Å². The van der Waals surface area contributed by atoms with Gasteiger partial charge in [0.1, 0.15) is 0 Å². The minimum atomic E-state index is 1.22. The van der Waals surface area contributed by atoms with Crippen LogP contribution < -0.4 is 5.32 Å². The average molecular weight is 274 g/mol. The lowest BCUT2D eigenvalue weighted by Crippen LogP contribution is -2.03.